The fourth-order valence-corrected chi connectivity index (χ4v) is 1.74. The van der Waals surface area contributed by atoms with Gasteiger partial charge in [-0.2, -0.15) is 13.2 Å². The summed E-state index contributed by atoms with van der Waals surface area (Å²) >= 11 is 0. The Morgan fingerprint density at radius 2 is 1.80 bits per heavy atom. The molecule has 2 aromatic rings. The van der Waals surface area contributed by atoms with Gasteiger partial charge in [0.05, 0.1) is 0 Å². The van der Waals surface area contributed by atoms with E-state index in [1.165, 1.54) is 5.56 Å². The highest BCUT2D eigenvalue weighted by Crippen LogP contribution is 2.27. The molecule has 1 N–H and O–H groups in total. The molecular formula is C14H14F3N3. The molecule has 0 atom stereocenters. The van der Waals surface area contributed by atoms with E-state index in [0.29, 0.717) is 6.54 Å². The molecule has 0 aliphatic heterocycles. The highest BCUT2D eigenvalue weighted by Gasteiger charge is 2.32. The molecule has 106 valence electrons. The van der Waals surface area contributed by atoms with E-state index < -0.39 is 11.9 Å². The van der Waals surface area contributed by atoms with Crippen LogP contribution in [0.3, 0.4) is 0 Å². The van der Waals surface area contributed by atoms with Crippen LogP contribution >= 0.6 is 0 Å². The zero-order valence-corrected chi connectivity index (χ0v) is 10.7. The molecule has 6 heteroatoms. The monoisotopic (exact) mass is 281 g/mol. The van der Waals surface area contributed by atoms with Crippen LogP contribution in [0.25, 0.3) is 0 Å². The van der Waals surface area contributed by atoms with E-state index in [0.717, 1.165) is 25.1 Å². The van der Waals surface area contributed by atoms with E-state index in [1.54, 1.807) is 0 Å². The van der Waals surface area contributed by atoms with Crippen molar-refractivity contribution in [3.63, 3.8) is 0 Å². The smallest absolute Gasteiger partial charge is 0.354 e. The molecule has 0 aliphatic carbocycles. The minimum absolute atomic E-state index is 0.00730. The highest BCUT2D eigenvalue weighted by atomic mass is 19.4. The van der Waals surface area contributed by atoms with Crippen molar-refractivity contribution < 1.29 is 13.2 Å². The van der Waals surface area contributed by atoms with Crippen LogP contribution in [0.5, 0.6) is 0 Å². The fourth-order valence-electron chi connectivity index (χ4n) is 1.74. The summed E-state index contributed by atoms with van der Waals surface area (Å²) in [4.78, 5) is 7.22. The van der Waals surface area contributed by atoms with E-state index in [9.17, 15) is 13.2 Å². The lowest BCUT2D eigenvalue weighted by Gasteiger charge is -2.08. The third-order valence-corrected chi connectivity index (χ3v) is 2.71. The average molecular weight is 281 g/mol. The fraction of sp³-hybridized carbons (Fsp3) is 0.286. The van der Waals surface area contributed by atoms with Gasteiger partial charge in [-0.25, -0.2) is 9.97 Å². The molecule has 0 fully saturated rings. The molecule has 0 aliphatic rings. The van der Waals surface area contributed by atoms with Crippen LogP contribution in [-0.2, 0) is 12.6 Å². The lowest BCUT2D eigenvalue weighted by molar-refractivity contribution is -0.141. The van der Waals surface area contributed by atoms with Crippen LogP contribution in [0.15, 0.2) is 42.6 Å². The summed E-state index contributed by atoms with van der Waals surface area (Å²) in [6.45, 7) is 0.524. The van der Waals surface area contributed by atoms with Gasteiger partial charge in [-0.15, -0.1) is 0 Å². The van der Waals surface area contributed by atoms with Crippen LogP contribution in [0.2, 0.25) is 0 Å². The molecule has 0 radical (unpaired) electrons. The molecule has 0 amide bonds. The van der Waals surface area contributed by atoms with Crippen molar-refractivity contribution in [3.8, 4) is 0 Å². The number of nitrogens with zero attached hydrogens (tertiary/aromatic N) is 2. The van der Waals surface area contributed by atoms with Gasteiger partial charge in [0.2, 0.25) is 5.95 Å². The molecular weight excluding hydrogens is 267 g/mol. The molecule has 0 saturated carbocycles. The van der Waals surface area contributed by atoms with Crippen molar-refractivity contribution in [1.82, 2.24) is 9.97 Å². The lowest BCUT2D eigenvalue weighted by Crippen LogP contribution is -2.12. The molecule has 3 nitrogen and oxygen atoms in total. The molecule has 2 rings (SSSR count). The lowest BCUT2D eigenvalue weighted by atomic mass is 10.1. The largest absolute Gasteiger partial charge is 0.433 e. The highest BCUT2D eigenvalue weighted by molar-refractivity contribution is 5.26. The topological polar surface area (TPSA) is 37.8 Å². The summed E-state index contributed by atoms with van der Waals surface area (Å²) in [7, 11) is 0. The van der Waals surface area contributed by atoms with Crippen molar-refractivity contribution >= 4 is 5.95 Å². The number of halogens is 3. The van der Waals surface area contributed by atoms with Crippen LogP contribution in [-0.4, -0.2) is 16.5 Å². The van der Waals surface area contributed by atoms with Crippen molar-refractivity contribution in [2.45, 2.75) is 19.0 Å². The maximum atomic E-state index is 12.5. The maximum absolute atomic E-state index is 12.5. The number of rotatable bonds is 5. The Morgan fingerprint density at radius 1 is 1.05 bits per heavy atom. The SMILES string of the molecule is FC(F)(F)c1ccnc(NCCCc2ccccc2)n1. The van der Waals surface area contributed by atoms with E-state index in [2.05, 4.69) is 15.3 Å². The zero-order chi connectivity index (χ0) is 14.4. The van der Waals surface area contributed by atoms with Crippen LogP contribution in [0.1, 0.15) is 17.7 Å². The molecule has 0 unspecified atom stereocenters. The first kappa shape index (κ1) is 14.3. The van der Waals surface area contributed by atoms with E-state index in [4.69, 9.17) is 0 Å². The van der Waals surface area contributed by atoms with Gasteiger partial charge in [-0.1, -0.05) is 30.3 Å². The maximum Gasteiger partial charge on any atom is 0.433 e. The zero-order valence-electron chi connectivity index (χ0n) is 10.7. The molecule has 0 bridgehead atoms. The Hall–Kier alpha value is -2.11. The normalized spacial score (nSPS) is 11.3. The summed E-state index contributed by atoms with van der Waals surface area (Å²) in [5.74, 6) is 0.00730. The second-order valence-corrected chi connectivity index (χ2v) is 4.28. The Morgan fingerprint density at radius 3 is 2.50 bits per heavy atom. The van der Waals surface area contributed by atoms with E-state index in [-0.39, 0.29) is 5.95 Å². The Balaban J connectivity index is 1.83. The predicted octanol–water partition coefficient (Wildman–Crippen LogP) is 3.54. The molecule has 0 saturated heterocycles. The number of alkyl halides is 3. The van der Waals surface area contributed by atoms with Crippen molar-refractivity contribution in [2.24, 2.45) is 0 Å². The van der Waals surface area contributed by atoms with Crippen molar-refractivity contribution in [3.05, 3.63) is 53.9 Å². The first-order valence-electron chi connectivity index (χ1n) is 6.24. The second-order valence-electron chi connectivity index (χ2n) is 4.28. The van der Waals surface area contributed by atoms with Crippen LogP contribution in [0.4, 0.5) is 19.1 Å². The Bertz CT molecular complexity index is 541. The number of nitrogens with one attached hydrogen (secondary N) is 1. The quantitative estimate of drug-likeness (QED) is 0.852. The van der Waals surface area contributed by atoms with E-state index in [1.807, 2.05) is 30.3 Å². The Kier molecular flexibility index (Phi) is 4.55. The number of aromatic nitrogens is 2. The van der Waals surface area contributed by atoms with Gasteiger partial charge in [-0.05, 0) is 24.5 Å². The summed E-state index contributed by atoms with van der Waals surface area (Å²) < 4.78 is 37.4. The molecule has 0 spiro atoms. The number of hydrogen-bond donors (Lipinski definition) is 1. The number of hydrogen-bond acceptors (Lipinski definition) is 3. The first-order valence-corrected chi connectivity index (χ1v) is 6.24. The number of anilines is 1. The third-order valence-electron chi connectivity index (χ3n) is 2.71. The second kappa shape index (κ2) is 6.36. The van der Waals surface area contributed by atoms with Crippen molar-refractivity contribution in [2.75, 3.05) is 11.9 Å². The Labute approximate surface area is 114 Å². The van der Waals surface area contributed by atoms with Gasteiger partial charge in [0.1, 0.15) is 5.69 Å². The van der Waals surface area contributed by atoms with Gasteiger partial charge in [-0.3, -0.25) is 0 Å². The number of benzene rings is 1. The summed E-state index contributed by atoms with van der Waals surface area (Å²) in [6.07, 6.45) is -1.69. The summed E-state index contributed by atoms with van der Waals surface area (Å²) in [5, 5.41) is 2.81. The molecule has 20 heavy (non-hydrogen) atoms. The molecule has 1 heterocycles. The van der Waals surface area contributed by atoms with Crippen LogP contribution < -0.4 is 5.32 Å². The average Bonchev–Trinajstić information content (AvgIpc) is 2.44. The van der Waals surface area contributed by atoms with Crippen molar-refractivity contribution in [1.29, 1.82) is 0 Å². The summed E-state index contributed by atoms with van der Waals surface area (Å²) in [5.41, 5.74) is 0.261. The first-order chi connectivity index (χ1) is 9.55. The van der Waals surface area contributed by atoms with Gasteiger partial charge in [0, 0.05) is 12.7 Å². The summed E-state index contributed by atoms with van der Waals surface area (Å²) in [6, 6.07) is 10.7. The third kappa shape index (κ3) is 4.22. The van der Waals surface area contributed by atoms with E-state index >= 15 is 0 Å². The number of aryl methyl sites for hydroxylation is 1. The van der Waals surface area contributed by atoms with Gasteiger partial charge < -0.3 is 5.32 Å². The standard InChI is InChI=1S/C14H14F3N3/c15-14(16,17)12-8-10-19-13(20-12)18-9-4-7-11-5-2-1-3-6-11/h1-3,5-6,8,10H,4,7,9H2,(H,18,19,20). The minimum Gasteiger partial charge on any atom is -0.354 e. The molecule has 1 aromatic heterocycles. The van der Waals surface area contributed by atoms with Gasteiger partial charge in [0.15, 0.2) is 0 Å². The van der Waals surface area contributed by atoms with Gasteiger partial charge in [0.25, 0.3) is 0 Å². The molecule has 1 aromatic carbocycles. The van der Waals surface area contributed by atoms with Crippen LogP contribution in [0, 0.1) is 0 Å². The predicted molar refractivity (Wildman–Crippen MR) is 70.3 cm³/mol. The van der Waals surface area contributed by atoms with Gasteiger partial charge >= 0.3 is 6.18 Å². The minimum atomic E-state index is -4.44.